The predicted molar refractivity (Wildman–Crippen MR) is 104 cm³/mol. The second kappa shape index (κ2) is 6.92. The van der Waals surface area contributed by atoms with Crippen molar-refractivity contribution in [2.24, 2.45) is 0 Å². The molecule has 2 aromatic carbocycles. The molecule has 0 aliphatic heterocycles. The fourth-order valence-electron chi connectivity index (χ4n) is 2.67. The van der Waals surface area contributed by atoms with E-state index < -0.39 is 0 Å². The Labute approximate surface area is 163 Å². The zero-order chi connectivity index (χ0) is 19.0. The van der Waals surface area contributed by atoms with Crippen LogP contribution in [0.3, 0.4) is 0 Å². The summed E-state index contributed by atoms with van der Waals surface area (Å²) in [7, 11) is 0. The number of nitrogens with one attached hydrogen (secondary N) is 1. The molecule has 0 aliphatic carbocycles. The number of nitriles is 1. The number of halogens is 3. The molecule has 2 aromatic heterocycles. The highest BCUT2D eigenvalue weighted by molar-refractivity contribution is 6.36. The molecule has 0 fully saturated rings. The van der Waals surface area contributed by atoms with Gasteiger partial charge in [0.25, 0.3) is 0 Å². The van der Waals surface area contributed by atoms with Crippen LogP contribution in [-0.4, -0.2) is 9.97 Å². The van der Waals surface area contributed by atoms with Gasteiger partial charge in [-0.05, 0) is 48.5 Å². The molecule has 0 radical (unpaired) electrons. The minimum absolute atomic E-state index is 0.259. The minimum Gasteiger partial charge on any atom is -0.457 e. The molecule has 0 bridgehead atoms. The number of H-pyrrole nitrogens is 1. The molecule has 2 heterocycles. The van der Waals surface area contributed by atoms with Crippen LogP contribution in [-0.2, 0) is 0 Å². The number of furan rings is 1. The Kier molecular flexibility index (Phi) is 4.44. The van der Waals surface area contributed by atoms with Crippen molar-refractivity contribution in [1.29, 1.82) is 5.26 Å². The molecule has 0 unspecified atom stereocenters. The van der Waals surface area contributed by atoms with Gasteiger partial charge < -0.3 is 9.40 Å². The van der Waals surface area contributed by atoms with Gasteiger partial charge >= 0.3 is 0 Å². The summed E-state index contributed by atoms with van der Waals surface area (Å²) in [5.74, 6) is 0.961. The van der Waals surface area contributed by atoms with Gasteiger partial charge in [0.1, 0.15) is 29.2 Å². The van der Waals surface area contributed by atoms with Crippen molar-refractivity contribution in [2.75, 3.05) is 0 Å². The van der Waals surface area contributed by atoms with Crippen molar-refractivity contribution < 1.29 is 8.81 Å². The van der Waals surface area contributed by atoms with Crippen molar-refractivity contribution in [3.8, 4) is 17.4 Å². The van der Waals surface area contributed by atoms with E-state index in [1.165, 1.54) is 12.1 Å². The summed E-state index contributed by atoms with van der Waals surface area (Å²) in [4.78, 5) is 7.26. The molecule has 7 heteroatoms. The quantitative estimate of drug-likeness (QED) is 0.410. The molecule has 0 aliphatic rings. The number of aromatic amines is 1. The highest BCUT2D eigenvalue weighted by Gasteiger charge is 2.12. The van der Waals surface area contributed by atoms with Gasteiger partial charge in [0, 0.05) is 16.7 Å². The molecule has 4 nitrogen and oxygen atoms in total. The number of hydrogen-bond acceptors (Lipinski definition) is 3. The van der Waals surface area contributed by atoms with Crippen LogP contribution in [0.25, 0.3) is 34.0 Å². The van der Waals surface area contributed by atoms with E-state index in [1.807, 2.05) is 0 Å². The standard InChI is InChI=1S/C20H10Cl2FN3O/c21-12-1-4-15(16(22)8-12)19-6-3-14(27-19)7-11(10-24)20-25-17-5-2-13(23)9-18(17)26-20/h1-9H,(H,25,26)/b11-7+. The summed E-state index contributed by atoms with van der Waals surface area (Å²) in [5, 5.41) is 10.5. The van der Waals surface area contributed by atoms with E-state index in [0.29, 0.717) is 44.0 Å². The number of imidazole rings is 1. The number of rotatable bonds is 3. The normalized spacial score (nSPS) is 11.7. The van der Waals surface area contributed by atoms with Crippen LogP contribution in [0.1, 0.15) is 11.6 Å². The number of nitrogens with zero attached hydrogens (tertiary/aromatic N) is 2. The van der Waals surface area contributed by atoms with Crippen molar-refractivity contribution in [3.05, 3.63) is 76.0 Å². The average Bonchev–Trinajstić information content (AvgIpc) is 3.26. The Morgan fingerprint density at radius 1 is 1.15 bits per heavy atom. The maximum Gasteiger partial charge on any atom is 0.149 e. The van der Waals surface area contributed by atoms with Crippen LogP contribution >= 0.6 is 23.2 Å². The molecular weight excluding hydrogens is 388 g/mol. The zero-order valence-electron chi connectivity index (χ0n) is 13.6. The summed E-state index contributed by atoms with van der Waals surface area (Å²) in [6, 6.07) is 14.9. The van der Waals surface area contributed by atoms with Gasteiger partial charge in [0.2, 0.25) is 0 Å². The topological polar surface area (TPSA) is 65.6 Å². The summed E-state index contributed by atoms with van der Waals surface area (Å²) in [5.41, 5.74) is 2.04. The second-order valence-corrected chi connectivity index (χ2v) is 6.59. The maximum atomic E-state index is 13.3. The molecule has 4 aromatic rings. The third-order valence-electron chi connectivity index (χ3n) is 3.93. The van der Waals surface area contributed by atoms with E-state index in [9.17, 15) is 9.65 Å². The summed E-state index contributed by atoms with van der Waals surface area (Å²) < 4.78 is 19.1. The predicted octanol–water partition coefficient (Wildman–Crippen LogP) is 6.33. The fraction of sp³-hybridized carbons (Fsp3) is 0. The molecule has 1 N–H and O–H groups in total. The van der Waals surface area contributed by atoms with E-state index in [2.05, 4.69) is 16.0 Å². The fourth-order valence-corrected chi connectivity index (χ4v) is 3.17. The third-order valence-corrected chi connectivity index (χ3v) is 4.48. The minimum atomic E-state index is -0.379. The average molecular weight is 398 g/mol. The second-order valence-electron chi connectivity index (χ2n) is 5.74. The molecular formula is C20H10Cl2FN3O. The molecule has 0 atom stereocenters. The van der Waals surface area contributed by atoms with E-state index in [4.69, 9.17) is 27.6 Å². The van der Waals surface area contributed by atoms with Crippen molar-refractivity contribution >= 4 is 45.9 Å². The molecule has 0 amide bonds. The van der Waals surface area contributed by atoms with Crippen LogP contribution < -0.4 is 0 Å². The largest absolute Gasteiger partial charge is 0.457 e. The first-order valence-electron chi connectivity index (χ1n) is 7.86. The Bertz CT molecular complexity index is 1230. The van der Waals surface area contributed by atoms with Crippen LogP contribution in [0, 0.1) is 17.1 Å². The van der Waals surface area contributed by atoms with Gasteiger partial charge in [-0.1, -0.05) is 23.2 Å². The van der Waals surface area contributed by atoms with Gasteiger partial charge in [-0.2, -0.15) is 5.26 Å². The third kappa shape index (κ3) is 3.45. The Balaban J connectivity index is 1.71. The first-order chi connectivity index (χ1) is 13.0. The number of allylic oxidation sites excluding steroid dienone is 1. The monoisotopic (exact) mass is 397 g/mol. The lowest BCUT2D eigenvalue weighted by atomic mass is 10.2. The van der Waals surface area contributed by atoms with Crippen molar-refractivity contribution in [1.82, 2.24) is 9.97 Å². The lowest BCUT2D eigenvalue weighted by Crippen LogP contribution is -1.84. The molecule has 0 spiro atoms. The van der Waals surface area contributed by atoms with Crippen molar-refractivity contribution in [2.45, 2.75) is 0 Å². The highest BCUT2D eigenvalue weighted by Crippen LogP contribution is 2.32. The number of benzene rings is 2. The summed E-state index contributed by atoms with van der Waals surface area (Å²) in [6.45, 7) is 0. The van der Waals surface area contributed by atoms with Gasteiger partial charge in [-0.25, -0.2) is 9.37 Å². The first-order valence-corrected chi connectivity index (χ1v) is 8.62. The molecule has 0 saturated heterocycles. The summed E-state index contributed by atoms with van der Waals surface area (Å²) >= 11 is 12.1. The Morgan fingerprint density at radius 3 is 2.78 bits per heavy atom. The Hall–Kier alpha value is -3.07. The molecule has 4 rings (SSSR count). The lowest BCUT2D eigenvalue weighted by Gasteiger charge is -2.00. The van der Waals surface area contributed by atoms with E-state index >= 15 is 0 Å². The van der Waals surface area contributed by atoms with Gasteiger partial charge in [0.15, 0.2) is 0 Å². The van der Waals surface area contributed by atoms with E-state index in [1.54, 1.807) is 42.5 Å². The number of fused-ring (bicyclic) bond motifs is 1. The molecule has 132 valence electrons. The SMILES string of the molecule is N#C/C(=C\c1ccc(-c2ccc(Cl)cc2Cl)o1)c1nc2ccc(F)cc2[nH]1. The van der Waals surface area contributed by atoms with E-state index in [-0.39, 0.29) is 11.4 Å². The van der Waals surface area contributed by atoms with Gasteiger partial charge in [-0.15, -0.1) is 0 Å². The van der Waals surface area contributed by atoms with Crippen molar-refractivity contribution in [3.63, 3.8) is 0 Å². The van der Waals surface area contributed by atoms with E-state index in [0.717, 1.165) is 0 Å². The lowest BCUT2D eigenvalue weighted by molar-refractivity contribution is 0.572. The number of aromatic nitrogens is 2. The highest BCUT2D eigenvalue weighted by atomic mass is 35.5. The number of hydrogen-bond donors (Lipinski definition) is 1. The van der Waals surface area contributed by atoms with Crippen LogP contribution in [0.5, 0.6) is 0 Å². The zero-order valence-corrected chi connectivity index (χ0v) is 15.1. The van der Waals surface area contributed by atoms with Gasteiger partial charge in [-0.3, -0.25) is 0 Å². The van der Waals surface area contributed by atoms with Gasteiger partial charge in [0.05, 0.1) is 21.6 Å². The maximum absolute atomic E-state index is 13.3. The molecule has 0 saturated carbocycles. The summed E-state index contributed by atoms with van der Waals surface area (Å²) in [6.07, 6.45) is 1.56. The Morgan fingerprint density at radius 2 is 2.00 bits per heavy atom. The van der Waals surface area contributed by atoms with Crippen LogP contribution in [0.4, 0.5) is 4.39 Å². The van der Waals surface area contributed by atoms with Crippen LogP contribution in [0.2, 0.25) is 10.0 Å². The van der Waals surface area contributed by atoms with Crippen LogP contribution in [0.15, 0.2) is 52.9 Å². The first kappa shape index (κ1) is 17.3. The molecule has 27 heavy (non-hydrogen) atoms. The smallest absolute Gasteiger partial charge is 0.149 e.